The molecule has 0 aromatic heterocycles. The zero-order valence-corrected chi connectivity index (χ0v) is 13.5. The van der Waals surface area contributed by atoms with Gasteiger partial charge in [0.1, 0.15) is 5.82 Å². The molecule has 1 fully saturated rings. The van der Waals surface area contributed by atoms with E-state index in [-0.39, 0.29) is 29.9 Å². The first-order valence-corrected chi connectivity index (χ1v) is 7.57. The summed E-state index contributed by atoms with van der Waals surface area (Å²) in [6.07, 6.45) is 0. The van der Waals surface area contributed by atoms with Gasteiger partial charge < -0.3 is 15.5 Å². The van der Waals surface area contributed by atoms with E-state index in [1.165, 1.54) is 17.0 Å². The predicted octanol–water partition coefficient (Wildman–Crippen LogP) is 1.74. The van der Waals surface area contributed by atoms with Crippen LogP contribution >= 0.6 is 23.2 Å². The molecule has 1 aromatic carbocycles. The fraction of sp³-hybridized carbons (Fsp3) is 0.429. The molecule has 1 aromatic rings. The van der Waals surface area contributed by atoms with E-state index in [9.17, 15) is 14.0 Å². The SMILES string of the molecule is CC(NCC(=O)N1CCNC(=O)C1)c1c(Cl)ccc(F)c1Cl. The third-order valence-corrected chi connectivity index (χ3v) is 4.18. The molecule has 1 unspecified atom stereocenters. The predicted molar refractivity (Wildman–Crippen MR) is 82.4 cm³/mol. The summed E-state index contributed by atoms with van der Waals surface area (Å²) in [5, 5.41) is 5.88. The molecule has 1 heterocycles. The highest BCUT2D eigenvalue weighted by Crippen LogP contribution is 2.32. The number of halogens is 3. The van der Waals surface area contributed by atoms with E-state index in [1.807, 2.05) is 0 Å². The summed E-state index contributed by atoms with van der Waals surface area (Å²) in [5.41, 5.74) is 0.410. The zero-order valence-electron chi connectivity index (χ0n) is 12.0. The van der Waals surface area contributed by atoms with E-state index in [0.717, 1.165) is 0 Å². The highest BCUT2D eigenvalue weighted by Gasteiger charge is 2.22. The van der Waals surface area contributed by atoms with Crippen LogP contribution < -0.4 is 10.6 Å². The highest BCUT2D eigenvalue weighted by atomic mass is 35.5. The Bertz CT molecular complexity index is 598. The average Bonchev–Trinajstić information content (AvgIpc) is 2.49. The maximum atomic E-state index is 13.5. The Labute approximate surface area is 137 Å². The molecule has 22 heavy (non-hydrogen) atoms. The van der Waals surface area contributed by atoms with Crippen LogP contribution in [-0.4, -0.2) is 42.9 Å². The van der Waals surface area contributed by atoms with Gasteiger partial charge in [0.15, 0.2) is 0 Å². The van der Waals surface area contributed by atoms with Crippen molar-refractivity contribution in [3.05, 3.63) is 33.6 Å². The first-order valence-electron chi connectivity index (χ1n) is 6.81. The summed E-state index contributed by atoms with van der Waals surface area (Å²) >= 11 is 12.0. The Morgan fingerprint density at radius 1 is 1.50 bits per heavy atom. The van der Waals surface area contributed by atoms with E-state index in [2.05, 4.69) is 10.6 Å². The molecule has 0 radical (unpaired) electrons. The molecule has 2 amide bonds. The quantitative estimate of drug-likeness (QED) is 0.815. The lowest BCUT2D eigenvalue weighted by molar-refractivity contribution is -0.137. The number of hydrogen-bond acceptors (Lipinski definition) is 3. The van der Waals surface area contributed by atoms with E-state index in [4.69, 9.17) is 23.2 Å². The van der Waals surface area contributed by atoms with Crippen molar-refractivity contribution in [3.63, 3.8) is 0 Å². The van der Waals surface area contributed by atoms with Crippen LogP contribution in [0.2, 0.25) is 10.0 Å². The summed E-state index contributed by atoms with van der Waals surface area (Å²) in [4.78, 5) is 24.8. The van der Waals surface area contributed by atoms with Crippen LogP contribution in [0.25, 0.3) is 0 Å². The zero-order chi connectivity index (χ0) is 16.3. The van der Waals surface area contributed by atoms with Crippen molar-refractivity contribution in [2.75, 3.05) is 26.2 Å². The molecule has 1 saturated heterocycles. The van der Waals surface area contributed by atoms with Crippen molar-refractivity contribution in [2.45, 2.75) is 13.0 Å². The lowest BCUT2D eigenvalue weighted by Gasteiger charge is -2.27. The van der Waals surface area contributed by atoms with Crippen molar-refractivity contribution < 1.29 is 14.0 Å². The fourth-order valence-electron chi connectivity index (χ4n) is 2.25. The highest BCUT2D eigenvalue weighted by molar-refractivity contribution is 6.36. The van der Waals surface area contributed by atoms with Crippen LogP contribution in [0.1, 0.15) is 18.5 Å². The van der Waals surface area contributed by atoms with Crippen molar-refractivity contribution in [1.82, 2.24) is 15.5 Å². The molecule has 8 heteroatoms. The molecular weight excluding hydrogens is 332 g/mol. The molecule has 5 nitrogen and oxygen atoms in total. The van der Waals surface area contributed by atoms with Gasteiger partial charge in [-0.15, -0.1) is 0 Å². The van der Waals surface area contributed by atoms with Gasteiger partial charge in [-0.3, -0.25) is 9.59 Å². The van der Waals surface area contributed by atoms with Gasteiger partial charge in [-0.25, -0.2) is 4.39 Å². The summed E-state index contributed by atoms with van der Waals surface area (Å²) < 4.78 is 13.5. The Balaban J connectivity index is 1.98. The van der Waals surface area contributed by atoms with E-state index < -0.39 is 11.9 Å². The van der Waals surface area contributed by atoms with Crippen molar-refractivity contribution in [1.29, 1.82) is 0 Å². The molecule has 0 bridgehead atoms. The topological polar surface area (TPSA) is 61.4 Å². The molecule has 1 aliphatic rings. The number of rotatable bonds is 4. The van der Waals surface area contributed by atoms with E-state index in [1.54, 1.807) is 6.92 Å². The van der Waals surface area contributed by atoms with Gasteiger partial charge in [-0.2, -0.15) is 0 Å². The number of benzene rings is 1. The Kier molecular flexibility index (Phi) is 5.61. The molecule has 0 saturated carbocycles. The van der Waals surface area contributed by atoms with E-state index in [0.29, 0.717) is 23.7 Å². The van der Waals surface area contributed by atoms with Crippen LogP contribution in [0.15, 0.2) is 12.1 Å². The number of nitrogens with zero attached hydrogens (tertiary/aromatic N) is 1. The minimum absolute atomic E-state index is 0.0115. The second-order valence-electron chi connectivity index (χ2n) is 5.02. The molecule has 0 aliphatic carbocycles. The Hall–Kier alpha value is -1.37. The largest absolute Gasteiger partial charge is 0.353 e. The molecular formula is C14H16Cl2FN3O2. The van der Waals surface area contributed by atoms with Gasteiger partial charge in [-0.05, 0) is 19.1 Å². The normalized spacial score (nSPS) is 16.4. The van der Waals surface area contributed by atoms with Gasteiger partial charge in [0, 0.05) is 29.7 Å². The molecule has 0 spiro atoms. The van der Waals surface area contributed by atoms with Gasteiger partial charge >= 0.3 is 0 Å². The van der Waals surface area contributed by atoms with Crippen LogP contribution in [0, 0.1) is 5.82 Å². The minimum atomic E-state index is -0.561. The van der Waals surface area contributed by atoms with Gasteiger partial charge in [0.2, 0.25) is 11.8 Å². The van der Waals surface area contributed by atoms with Crippen molar-refractivity contribution in [3.8, 4) is 0 Å². The minimum Gasteiger partial charge on any atom is -0.353 e. The first-order chi connectivity index (χ1) is 10.4. The molecule has 1 aliphatic heterocycles. The number of piperazine rings is 1. The van der Waals surface area contributed by atoms with Gasteiger partial charge in [-0.1, -0.05) is 23.2 Å². The second-order valence-corrected chi connectivity index (χ2v) is 5.81. The average molecular weight is 348 g/mol. The second kappa shape index (κ2) is 7.26. The summed E-state index contributed by atoms with van der Waals surface area (Å²) in [6.45, 7) is 2.72. The summed E-state index contributed by atoms with van der Waals surface area (Å²) in [5.74, 6) is -0.942. The number of carbonyl (C=O) groups excluding carboxylic acids is 2. The monoisotopic (exact) mass is 347 g/mol. The third kappa shape index (κ3) is 3.88. The molecule has 2 rings (SSSR count). The number of amides is 2. The van der Waals surface area contributed by atoms with Crippen molar-refractivity contribution in [2.24, 2.45) is 0 Å². The van der Waals surface area contributed by atoms with Crippen LogP contribution in [0.3, 0.4) is 0 Å². The molecule has 1 atom stereocenters. The number of nitrogens with one attached hydrogen (secondary N) is 2. The third-order valence-electron chi connectivity index (χ3n) is 3.46. The standard InChI is InChI=1S/C14H16Cl2FN3O2/c1-8(13-9(15)2-3-10(17)14(13)16)19-6-12(22)20-5-4-18-11(21)7-20/h2-3,8,19H,4-7H2,1H3,(H,18,21). The van der Waals surface area contributed by atoms with Gasteiger partial charge in [0.25, 0.3) is 0 Å². The van der Waals surface area contributed by atoms with E-state index >= 15 is 0 Å². The van der Waals surface area contributed by atoms with Crippen molar-refractivity contribution >= 4 is 35.0 Å². The van der Waals surface area contributed by atoms with Crippen LogP contribution in [-0.2, 0) is 9.59 Å². The smallest absolute Gasteiger partial charge is 0.239 e. The first kappa shape index (κ1) is 17.0. The number of carbonyl (C=O) groups is 2. The fourth-order valence-corrected chi connectivity index (χ4v) is 2.94. The number of hydrogen-bond donors (Lipinski definition) is 2. The van der Waals surface area contributed by atoms with Crippen LogP contribution in [0.5, 0.6) is 0 Å². The maximum absolute atomic E-state index is 13.5. The lowest BCUT2D eigenvalue weighted by atomic mass is 10.1. The Morgan fingerprint density at radius 3 is 2.91 bits per heavy atom. The lowest BCUT2D eigenvalue weighted by Crippen LogP contribution is -2.52. The van der Waals surface area contributed by atoms with Crippen LogP contribution in [0.4, 0.5) is 4.39 Å². The van der Waals surface area contributed by atoms with Gasteiger partial charge in [0.05, 0.1) is 18.1 Å². The maximum Gasteiger partial charge on any atom is 0.239 e. The molecule has 120 valence electrons. The summed E-state index contributed by atoms with van der Waals surface area (Å²) in [6, 6.07) is 2.21. The molecule has 2 N–H and O–H groups in total. The Morgan fingerprint density at radius 2 is 2.23 bits per heavy atom. The summed E-state index contributed by atoms with van der Waals surface area (Å²) in [7, 11) is 0.